The molecule has 9 nitrogen and oxygen atoms in total. The highest BCUT2D eigenvalue weighted by Crippen LogP contribution is 2.55. The molecule has 12 heteroatoms. The Morgan fingerprint density at radius 1 is 1.15 bits per heavy atom. The summed E-state index contributed by atoms with van der Waals surface area (Å²) in [7, 11) is 0. The van der Waals surface area contributed by atoms with Crippen LogP contribution >= 0.6 is 0 Å². The van der Waals surface area contributed by atoms with Gasteiger partial charge in [0.15, 0.2) is 5.65 Å². The lowest BCUT2D eigenvalue weighted by Crippen LogP contribution is -2.51. The molecule has 0 radical (unpaired) electrons. The summed E-state index contributed by atoms with van der Waals surface area (Å²) < 4.78 is 41.4. The minimum absolute atomic E-state index is 0.0735. The number of benzene rings is 1. The third kappa shape index (κ3) is 3.55. The minimum atomic E-state index is -4.36. The van der Waals surface area contributed by atoms with E-state index in [0.29, 0.717) is 22.2 Å². The van der Waals surface area contributed by atoms with Gasteiger partial charge in [-0.2, -0.15) is 23.4 Å². The van der Waals surface area contributed by atoms with Crippen molar-refractivity contribution < 1.29 is 22.8 Å². The Labute approximate surface area is 189 Å². The minimum Gasteiger partial charge on any atom is -0.337 e. The van der Waals surface area contributed by atoms with Gasteiger partial charge in [0.1, 0.15) is 6.54 Å². The fourth-order valence-electron chi connectivity index (χ4n) is 4.70. The van der Waals surface area contributed by atoms with E-state index in [1.807, 2.05) is 12.1 Å². The number of hydrogen-bond acceptors (Lipinski definition) is 5. The van der Waals surface area contributed by atoms with Gasteiger partial charge < -0.3 is 5.32 Å². The number of nitrogens with one attached hydrogen (secondary N) is 2. The lowest BCUT2D eigenvalue weighted by Gasteiger charge is -2.22. The highest BCUT2D eigenvalue weighted by atomic mass is 19.4. The molecule has 3 atom stereocenters. The Morgan fingerprint density at radius 2 is 2.00 bits per heavy atom. The maximum atomic E-state index is 12.9. The molecule has 6 rings (SSSR count). The van der Waals surface area contributed by atoms with Gasteiger partial charge in [-0.1, -0.05) is 12.1 Å². The van der Waals surface area contributed by atoms with Gasteiger partial charge in [0.25, 0.3) is 0 Å². The van der Waals surface area contributed by atoms with Gasteiger partial charge in [-0.3, -0.25) is 14.8 Å². The molecule has 1 aliphatic carbocycles. The standard InChI is InChI=1S/C22H18F3N7O2/c23-22(24,25)10-32-18-5-11(1-2-12(18)8-28-32)13-6-14(13)15-7-17(30-31-4-3-26-19(15)31)16-9-27-21(34)29-20(16)33/h1-5,7-8,13-14,16H,6,9-10H2,(H2,27,29,33,34)/t13-,14+,16?/m1/s1. The average Bonchev–Trinajstić information content (AvgIpc) is 3.26. The van der Waals surface area contributed by atoms with Crippen LogP contribution in [0, 0.1) is 0 Å². The fraction of sp³-hybridized carbons (Fsp3) is 0.318. The van der Waals surface area contributed by atoms with Crippen LogP contribution in [0.1, 0.15) is 41.0 Å². The van der Waals surface area contributed by atoms with Crippen molar-refractivity contribution in [1.29, 1.82) is 0 Å². The Balaban J connectivity index is 1.34. The Kier molecular flexibility index (Phi) is 4.41. The molecule has 2 fully saturated rings. The van der Waals surface area contributed by atoms with E-state index in [4.69, 9.17) is 0 Å². The Morgan fingerprint density at radius 3 is 2.79 bits per heavy atom. The number of urea groups is 1. The van der Waals surface area contributed by atoms with Crippen LogP contribution in [0.15, 0.2) is 42.9 Å². The number of alkyl halides is 3. The van der Waals surface area contributed by atoms with Crippen molar-refractivity contribution >= 4 is 28.5 Å². The van der Waals surface area contributed by atoms with E-state index in [-0.39, 0.29) is 18.4 Å². The number of fused-ring (bicyclic) bond motifs is 2. The average molecular weight is 469 g/mol. The van der Waals surface area contributed by atoms with Crippen LogP contribution in [0.2, 0.25) is 0 Å². The smallest absolute Gasteiger partial charge is 0.337 e. The topological polar surface area (TPSA) is 106 Å². The number of carbonyl (C=O) groups is 2. The van der Waals surface area contributed by atoms with E-state index < -0.39 is 30.6 Å². The van der Waals surface area contributed by atoms with Crippen molar-refractivity contribution in [3.63, 3.8) is 0 Å². The van der Waals surface area contributed by atoms with Crippen molar-refractivity contribution in [1.82, 2.24) is 35.0 Å². The number of imide groups is 1. The highest BCUT2D eigenvalue weighted by Gasteiger charge is 2.42. The first-order valence-electron chi connectivity index (χ1n) is 10.7. The summed E-state index contributed by atoms with van der Waals surface area (Å²) in [6.45, 7) is -0.998. The maximum Gasteiger partial charge on any atom is 0.408 e. The molecule has 1 aliphatic heterocycles. The predicted molar refractivity (Wildman–Crippen MR) is 113 cm³/mol. The second-order valence-electron chi connectivity index (χ2n) is 8.66. The van der Waals surface area contributed by atoms with E-state index in [9.17, 15) is 22.8 Å². The second kappa shape index (κ2) is 7.27. The molecule has 3 aromatic heterocycles. The van der Waals surface area contributed by atoms with Crippen LogP contribution in [-0.2, 0) is 11.3 Å². The molecule has 3 amide bonds. The van der Waals surface area contributed by atoms with E-state index in [0.717, 1.165) is 22.2 Å². The van der Waals surface area contributed by atoms with Crippen molar-refractivity contribution in [2.75, 3.05) is 6.54 Å². The molecule has 2 N–H and O–H groups in total. The van der Waals surface area contributed by atoms with Crippen LogP contribution in [0.4, 0.5) is 18.0 Å². The lowest BCUT2D eigenvalue weighted by molar-refractivity contribution is -0.141. The molecule has 1 unspecified atom stereocenters. The Bertz CT molecular complexity index is 1460. The molecule has 4 heterocycles. The van der Waals surface area contributed by atoms with Crippen molar-refractivity contribution in [3.8, 4) is 0 Å². The van der Waals surface area contributed by atoms with Crippen LogP contribution < -0.4 is 10.6 Å². The summed E-state index contributed by atoms with van der Waals surface area (Å²) in [5, 5.41) is 13.9. The zero-order valence-corrected chi connectivity index (χ0v) is 17.6. The Hall–Kier alpha value is -3.96. The van der Waals surface area contributed by atoms with Gasteiger partial charge in [0, 0.05) is 29.9 Å². The number of carbonyl (C=O) groups excluding carboxylic acids is 2. The number of hydrogen-bond donors (Lipinski definition) is 2. The van der Waals surface area contributed by atoms with Crippen LogP contribution in [0.25, 0.3) is 16.6 Å². The molecule has 0 bridgehead atoms. The van der Waals surface area contributed by atoms with Gasteiger partial charge in [-0.05, 0) is 36.0 Å². The summed E-state index contributed by atoms with van der Waals surface area (Å²) >= 11 is 0. The molecular weight excluding hydrogens is 451 g/mol. The number of halogens is 3. The predicted octanol–water partition coefficient (Wildman–Crippen LogP) is 2.84. The van der Waals surface area contributed by atoms with Crippen molar-refractivity contribution in [3.05, 3.63) is 59.7 Å². The molecule has 4 aromatic rings. The highest BCUT2D eigenvalue weighted by molar-refractivity contribution is 6.00. The summed E-state index contributed by atoms with van der Waals surface area (Å²) in [6, 6.07) is 6.79. The normalized spacial score (nSPS) is 22.7. The monoisotopic (exact) mass is 469 g/mol. The largest absolute Gasteiger partial charge is 0.408 e. The van der Waals surface area contributed by atoms with E-state index in [1.54, 1.807) is 29.0 Å². The molecule has 34 heavy (non-hydrogen) atoms. The summed E-state index contributed by atoms with van der Waals surface area (Å²) in [4.78, 5) is 28.2. The quantitative estimate of drug-likeness (QED) is 0.478. The zero-order chi connectivity index (χ0) is 23.6. The summed E-state index contributed by atoms with van der Waals surface area (Å²) in [5.41, 5.74) is 3.46. The molecule has 2 aliphatic rings. The van der Waals surface area contributed by atoms with Gasteiger partial charge in [0.05, 0.1) is 23.3 Å². The molecule has 1 saturated carbocycles. The summed E-state index contributed by atoms with van der Waals surface area (Å²) in [6.07, 6.45) is 1.19. The van der Waals surface area contributed by atoms with Crippen molar-refractivity contribution in [2.24, 2.45) is 0 Å². The summed E-state index contributed by atoms with van der Waals surface area (Å²) in [5.74, 6) is -0.885. The number of aromatic nitrogens is 5. The number of nitrogens with zero attached hydrogens (tertiary/aromatic N) is 5. The molecular formula is C22H18F3N7O2. The van der Waals surface area contributed by atoms with Crippen LogP contribution in [0.5, 0.6) is 0 Å². The zero-order valence-electron chi connectivity index (χ0n) is 17.6. The molecule has 0 spiro atoms. The maximum absolute atomic E-state index is 12.9. The molecule has 174 valence electrons. The third-order valence-electron chi connectivity index (χ3n) is 6.40. The fourth-order valence-corrected chi connectivity index (χ4v) is 4.70. The van der Waals surface area contributed by atoms with Gasteiger partial charge >= 0.3 is 12.2 Å². The molecule has 1 saturated heterocycles. The first-order valence-corrected chi connectivity index (χ1v) is 10.7. The van der Waals surface area contributed by atoms with Crippen LogP contribution in [-0.4, -0.2) is 49.0 Å². The van der Waals surface area contributed by atoms with Gasteiger partial charge in [0.2, 0.25) is 5.91 Å². The second-order valence-corrected chi connectivity index (χ2v) is 8.66. The number of rotatable bonds is 4. The SMILES string of the molecule is O=C1NCC(c2cc([C@H]3C[C@@H]3c3ccc4cnn(CC(F)(F)F)c4c3)c3nccn3n2)C(=O)N1. The van der Waals surface area contributed by atoms with E-state index >= 15 is 0 Å². The van der Waals surface area contributed by atoms with E-state index in [2.05, 4.69) is 25.8 Å². The van der Waals surface area contributed by atoms with Gasteiger partial charge in [-0.25, -0.2) is 14.3 Å². The molecule has 1 aromatic carbocycles. The van der Waals surface area contributed by atoms with Crippen molar-refractivity contribution in [2.45, 2.75) is 36.9 Å². The lowest BCUT2D eigenvalue weighted by atomic mass is 9.99. The first-order chi connectivity index (χ1) is 16.3. The van der Waals surface area contributed by atoms with Gasteiger partial charge in [-0.15, -0.1) is 0 Å². The van der Waals surface area contributed by atoms with E-state index in [1.165, 1.54) is 6.20 Å². The number of amides is 3. The third-order valence-corrected chi connectivity index (χ3v) is 6.40. The first kappa shape index (κ1) is 20.6. The van der Waals surface area contributed by atoms with Crippen LogP contribution in [0.3, 0.4) is 0 Å². The number of imidazole rings is 1.